The van der Waals surface area contributed by atoms with Crippen molar-refractivity contribution in [3.05, 3.63) is 23.9 Å². The number of anilines is 1. The van der Waals surface area contributed by atoms with Crippen molar-refractivity contribution in [1.29, 1.82) is 0 Å². The predicted molar refractivity (Wildman–Crippen MR) is 67.9 cm³/mol. The van der Waals surface area contributed by atoms with Crippen molar-refractivity contribution < 1.29 is 15.0 Å². The summed E-state index contributed by atoms with van der Waals surface area (Å²) in [7, 11) is 0. The van der Waals surface area contributed by atoms with Crippen LogP contribution in [0.2, 0.25) is 0 Å². The lowest BCUT2D eigenvalue weighted by atomic mass is 10.1. The van der Waals surface area contributed by atoms with Gasteiger partial charge in [-0.25, -0.2) is 9.78 Å². The van der Waals surface area contributed by atoms with E-state index in [4.69, 9.17) is 5.11 Å². The van der Waals surface area contributed by atoms with Gasteiger partial charge >= 0.3 is 5.97 Å². The molecule has 1 saturated heterocycles. The molecule has 0 radical (unpaired) electrons. The lowest BCUT2D eigenvalue weighted by Crippen LogP contribution is -2.38. The number of nitrogens with zero attached hydrogens (tertiary/aromatic N) is 2. The van der Waals surface area contributed by atoms with Crippen LogP contribution in [-0.2, 0) is 0 Å². The molecule has 1 aliphatic rings. The monoisotopic (exact) mass is 250 g/mol. The van der Waals surface area contributed by atoms with Crippen molar-refractivity contribution in [3.8, 4) is 0 Å². The molecule has 0 bridgehead atoms. The SMILES string of the molecule is O=C(O)c1ccc(N2CCCCCC2CO)nc1. The first-order chi connectivity index (χ1) is 8.72. The molecule has 18 heavy (non-hydrogen) atoms. The average molecular weight is 250 g/mol. The number of aromatic carboxylic acids is 1. The number of hydrogen-bond acceptors (Lipinski definition) is 4. The molecule has 2 heterocycles. The Morgan fingerprint density at radius 1 is 1.39 bits per heavy atom. The Bertz CT molecular complexity index is 405. The first-order valence-electron chi connectivity index (χ1n) is 6.29. The number of hydrogen-bond donors (Lipinski definition) is 2. The number of carboxylic acids is 1. The average Bonchev–Trinajstić information content (AvgIpc) is 2.63. The molecular weight excluding hydrogens is 232 g/mol. The van der Waals surface area contributed by atoms with Crippen LogP contribution >= 0.6 is 0 Å². The van der Waals surface area contributed by atoms with E-state index in [-0.39, 0.29) is 18.2 Å². The maximum Gasteiger partial charge on any atom is 0.337 e. The molecule has 2 rings (SSSR count). The van der Waals surface area contributed by atoms with E-state index >= 15 is 0 Å². The smallest absolute Gasteiger partial charge is 0.337 e. The minimum atomic E-state index is -0.969. The summed E-state index contributed by atoms with van der Waals surface area (Å²) in [6.07, 6.45) is 5.70. The van der Waals surface area contributed by atoms with Gasteiger partial charge in [-0.2, -0.15) is 0 Å². The molecule has 1 atom stereocenters. The van der Waals surface area contributed by atoms with Gasteiger partial charge in [0.25, 0.3) is 0 Å². The maximum absolute atomic E-state index is 10.8. The Hall–Kier alpha value is -1.62. The third kappa shape index (κ3) is 2.79. The van der Waals surface area contributed by atoms with Crippen LogP contribution in [0.3, 0.4) is 0 Å². The number of rotatable bonds is 3. The Kier molecular flexibility index (Phi) is 4.15. The number of carbonyl (C=O) groups is 1. The van der Waals surface area contributed by atoms with E-state index in [9.17, 15) is 9.90 Å². The van der Waals surface area contributed by atoms with E-state index in [0.29, 0.717) is 0 Å². The molecule has 5 heteroatoms. The van der Waals surface area contributed by atoms with Crippen molar-refractivity contribution in [2.75, 3.05) is 18.1 Å². The van der Waals surface area contributed by atoms with Gasteiger partial charge in [0.1, 0.15) is 5.82 Å². The van der Waals surface area contributed by atoms with Crippen LogP contribution in [0, 0.1) is 0 Å². The highest BCUT2D eigenvalue weighted by molar-refractivity contribution is 5.87. The van der Waals surface area contributed by atoms with E-state index in [2.05, 4.69) is 9.88 Å². The van der Waals surface area contributed by atoms with E-state index in [0.717, 1.165) is 31.6 Å². The van der Waals surface area contributed by atoms with Gasteiger partial charge in [0.2, 0.25) is 0 Å². The molecule has 0 aliphatic carbocycles. The van der Waals surface area contributed by atoms with Gasteiger partial charge in [0.05, 0.1) is 18.2 Å². The minimum Gasteiger partial charge on any atom is -0.478 e. The van der Waals surface area contributed by atoms with Gasteiger partial charge in [-0.15, -0.1) is 0 Å². The van der Waals surface area contributed by atoms with Crippen molar-refractivity contribution in [3.63, 3.8) is 0 Å². The summed E-state index contributed by atoms with van der Waals surface area (Å²) in [5.74, 6) is -0.218. The van der Waals surface area contributed by atoms with E-state index in [1.54, 1.807) is 12.1 Å². The number of pyridine rings is 1. The van der Waals surface area contributed by atoms with Crippen molar-refractivity contribution >= 4 is 11.8 Å². The van der Waals surface area contributed by atoms with Crippen LogP contribution in [-0.4, -0.2) is 40.4 Å². The van der Waals surface area contributed by atoms with Crippen LogP contribution in [0.1, 0.15) is 36.0 Å². The van der Waals surface area contributed by atoms with Gasteiger partial charge in [0, 0.05) is 12.7 Å². The third-order valence-corrected chi connectivity index (χ3v) is 3.38. The minimum absolute atomic E-state index is 0.0932. The number of aromatic nitrogens is 1. The molecule has 0 aromatic carbocycles. The summed E-state index contributed by atoms with van der Waals surface area (Å²) >= 11 is 0. The Balaban J connectivity index is 2.19. The largest absolute Gasteiger partial charge is 0.478 e. The molecule has 1 aromatic rings. The van der Waals surface area contributed by atoms with E-state index < -0.39 is 5.97 Å². The molecule has 0 saturated carbocycles. The Labute approximate surface area is 106 Å². The van der Waals surface area contributed by atoms with Crippen LogP contribution in [0.15, 0.2) is 18.3 Å². The standard InChI is InChI=1S/C13H18N2O3/c16-9-11-4-2-1-3-7-15(11)12-6-5-10(8-14-12)13(17)18/h5-6,8,11,16H,1-4,7,9H2,(H,17,18). The molecule has 2 N–H and O–H groups in total. The number of aliphatic hydroxyl groups excluding tert-OH is 1. The highest BCUT2D eigenvalue weighted by Crippen LogP contribution is 2.22. The van der Waals surface area contributed by atoms with Crippen LogP contribution in [0.5, 0.6) is 0 Å². The zero-order valence-corrected chi connectivity index (χ0v) is 10.2. The van der Waals surface area contributed by atoms with Crippen LogP contribution < -0.4 is 4.90 Å². The van der Waals surface area contributed by atoms with Gasteiger partial charge in [-0.1, -0.05) is 12.8 Å². The second-order valence-corrected chi connectivity index (χ2v) is 4.59. The summed E-state index contributed by atoms with van der Waals surface area (Å²) in [5, 5.41) is 18.3. The zero-order chi connectivity index (χ0) is 13.0. The topological polar surface area (TPSA) is 73.7 Å². The van der Waals surface area contributed by atoms with Crippen LogP contribution in [0.25, 0.3) is 0 Å². The van der Waals surface area contributed by atoms with Gasteiger partial charge in [-0.3, -0.25) is 0 Å². The molecule has 0 amide bonds. The Morgan fingerprint density at radius 2 is 2.22 bits per heavy atom. The summed E-state index contributed by atoms with van der Waals surface area (Å²) in [4.78, 5) is 17.0. The highest BCUT2D eigenvalue weighted by atomic mass is 16.4. The van der Waals surface area contributed by atoms with Crippen molar-refractivity contribution in [2.45, 2.75) is 31.7 Å². The highest BCUT2D eigenvalue weighted by Gasteiger charge is 2.21. The van der Waals surface area contributed by atoms with Gasteiger partial charge in [0.15, 0.2) is 0 Å². The maximum atomic E-state index is 10.8. The van der Waals surface area contributed by atoms with E-state index in [1.165, 1.54) is 12.6 Å². The number of carboxylic acid groups (broad SMARTS) is 1. The zero-order valence-electron chi connectivity index (χ0n) is 10.2. The molecule has 1 unspecified atom stereocenters. The first kappa shape index (κ1) is 12.8. The quantitative estimate of drug-likeness (QED) is 0.850. The molecule has 5 nitrogen and oxygen atoms in total. The Morgan fingerprint density at radius 3 is 2.83 bits per heavy atom. The summed E-state index contributed by atoms with van der Waals surface area (Å²) < 4.78 is 0. The fraction of sp³-hybridized carbons (Fsp3) is 0.538. The lowest BCUT2D eigenvalue weighted by Gasteiger charge is -2.29. The normalized spacial score (nSPS) is 20.5. The predicted octanol–water partition coefficient (Wildman–Crippen LogP) is 1.52. The van der Waals surface area contributed by atoms with Gasteiger partial charge < -0.3 is 15.1 Å². The van der Waals surface area contributed by atoms with Gasteiger partial charge in [-0.05, 0) is 25.0 Å². The molecular formula is C13H18N2O3. The molecule has 98 valence electrons. The molecule has 0 spiro atoms. The summed E-state index contributed by atoms with van der Waals surface area (Å²) in [6, 6.07) is 3.37. The van der Waals surface area contributed by atoms with Crippen molar-refractivity contribution in [2.24, 2.45) is 0 Å². The lowest BCUT2D eigenvalue weighted by molar-refractivity contribution is 0.0696. The second-order valence-electron chi connectivity index (χ2n) is 4.59. The molecule has 1 fully saturated rings. The fourth-order valence-corrected chi connectivity index (χ4v) is 2.35. The van der Waals surface area contributed by atoms with Crippen molar-refractivity contribution in [1.82, 2.24) is 4.98 Å². The molecule has 1 aliphatic heterocycles. The van der Waals surface area contributed by atoms with Crippen LogP contribution in [0.4, 0.5) is 5.82 Å². The first-order valence-corrected chi connectivity index (χ1v) is 6.29. The second kappa shape index (κ2) is 5.82. The number of aliphatic hydroxyl groups is 1. The molecule has 1 aromatic heterocycles. The third-order valence-electron chi connectivity index (χ3n) is 3.38. The summed E-state index contributed by atoms with van der Waals surface area (Å²) in [5.41, 5.74) is 0.189. The summed E-state index contributed by atoms with van der Waals surface area (Å²) in [6.45, 7) is 0.979. The fourth-order valence-electron chi connectivity index (χ4n) is 2.35. The van der Waals surface area contributed by atoms with E-state index in [1.807, 2.05) is 0 Å².